The molecule has 1 aromatic carbocycles. The first-order valence-electron chi connectivity index (χ1n) is 6.25. The molecule has 1 rings (SSSR count). The van der Waals surface area contributed by atoms with Gasteiger partial charge in [-0.1, -0.05) is 6.92 Å². The first-order chi connectivity index (χ1) is 8.51. The van der Waals surface area contributed by atoms with Crippen LogP contribution in [0.2, 0.25) is 0 Å². The van der Waals surface area contributed by atoms with E-state index in [1.165, 1.54) is 0 Å². The lowest BCUT2D eigenvalue weighted by molar-refractivity contribution is 0.0702. The Morgan fingerprint density at radius 3 is 2.61 bits per heavy atom. The number of hydrogen-bond acceptors (Lipinski definition) is 3. The van der Waals surface area contributed by atoms with Crippen LogP contribution in [0.3, 0.4) is 0 Å². The lowest BCUT2D eigenvalue weighted by Crippen LogP contribution is -2.37. The van der Waals surface area contributed by atoms with E-state index in [0.29, 0.717) is 17.0 Å². The van der Waals surface area contributed by atoms with Gasteiger partial charge in [-0.3, -0.25) is 4.79 Å². The summed E-state index contributed by atoms with van der Waals surface area (Å²) >= 11 is 0. The average molecular weight is 250 g/mol. The van der Waals surface area contributed by atoms with E-state index in [0.717, 1.165) is 13.0 Å². The van der Waals surface area contributed by atoms with Crippen LogP contribution in [0.25, 0.3) is 0 Å². The number of anilines is 1. The molecule has 0 aliphatic rings. The summed E-state index contributed by atoms with van der Waals surface area (Å²) in [7, 11) is 1.55. The molecule has 0 unspecified atom stereocenters. The van der Waals surface area contributed by atoms with Gasteiger partial charge in [0.2, 0.25) is 0 Å². The molecule has 0 atom stereocenters. The molecule has 0 saturated carbocycles. The Bertz CT molecular complexity index is 416. The fourth-order valence-electron chi connectivity index (χ4n) is 1.87. The smallest absolute Gasteiger partial charge is 0.257 e. The van der Waals surface area contributed by atoms with E-state index < -0.39 is 0 Å². The van der Waals surface area contributed by atoms with Gasteiger partial charge in [0.05, 0.1) is 12.7 Å². The highest BCUT2D eigenvalue weighted by atomic mass is 16.5. The highest BCUT2D eigenvalue weighted by Crippen LogP contribution is 2.23. The van der Waals surface area contributed by atoms with Gasteiger partial charge in [-0.15, -0.1) is 0 Å². The van der Waals surface area contributed by atoms with Crippen molar-refractivity contribution in [3.05, 3.63) is 23.8 Å². The molecule has 4 nitrogen and oxygen atoms in total. The van der Waals surface area contributed by atoms with Crippen molar-refractivity contribution in [1.82, 2.24) is 4.90 Å². The maximum absolute atomic E-state index is 12.5. The van der Waals surface area contributed by atoms with Gasteiger partial charge in [0.1, 0.15) is 5.75 Å². The van der Waals surface area contributed by atoms with Crippen molar-refractivity contribution in [2.75, 3.05) is 19.4 Å². The van der Waals surface area contributed by atoms with Crippen LogP contribution in [-0.4, -0.2) is 30.5 Å². The summed E-state index contributed by atoms with van der Waals surface area (Å²) in [5.41, 5.74) is 6.85. The Morgan fingerprint density at radius 2 is 2.11 bits per heavy atom. The number of nitrogens with zero attached hydrogens (tertiary/aromatic N) is 1. The molecule has 0 spiro atoms. The fraction of sp³-hybridized carbons (Fsp3) is 0.500. The van der Waals surface area contributed by atoms with Crippen molar-refractivity contribution < 1.29 is 9.53 Å². The molecule has 2 N–H and O–H groups in total. The van der Waals surface area contributed by atoms with Crippen molar-refractivity contribution in [1.29, 1.82) is 0 Å². The summed E-state index contributed by atoms with van der Waals surface area (Å²) < 4.78 is 5.23. The number of nitrogen functional groups attached to an aromatic ring is 1. The first kappa shape index (κ1) is 14.4. The number of carbonyl (C=O) groups is 1. The molecule has 0 aromatic heterocycles. The molecule has 0 bridgehead atoms. The molecule has 1 amide bonds. The van der Waals surface area contributed by atoms with Gasteiger partial charge in [0.25, 0.3) is 5.91 Å². The minimum absolute atomic E-state index is 0.0105. The standard InChI is InChI=1S/C14H22N2O2/c1-5-8-16(10(2)3)14(17)12-7-6-11(15)9-13(12)18-4/h6-7,9-10H,5,8,15H2,1-4H3. The van der Waals surface area contributed by atoms with Crippen molar-refractivity contribution >= 4 is 11.6 Å². The minimum Gasteiger partial charge on any atom is -0.496 e. The zero-order chi connectivity index (χ0) is 13.7. The summed E-state index contributed by atoms with van der Waals surface area (Å²) in [4.78, 5) is 14.3. The van der Waals surface area contributed by atoms with Crippen LogP contribution in [-0.2, 0) is 0 Å². The van der Waals surface area contributed by atoms with E-state index in [1.807, 2.05) is 18.7 Å². The Hall–Kier alpha value is -1.71. The number of carbonyl (C=O) groups excluding carboxylic acids is 1. The second-order valence-corrected chi connectivity index (χ2v) is 4.55. The predicted octanol–water partition coefficient (Wildman–Crippen LogP) is 2.54. The van der Waals surface area contributed by atoms with Crippen LogP contribution in [0.1, 0.15) is 37.6 Å². The Morgan fingerprint density at radius 1 is 1.44 bits per heavy atom. The molecule has 0 aliphatic carbocycles. The van der Waals surface area contributed by atoms with Crippen LogP contribution >= 0.6 is 0 Å². The topological polar surface area (TPSA) is 55.6 Å². The van der Waals surface area contributed by atoms with Crippen LogP contribution in [0, 0.1) is 0 Å². The molecule has 0 radical (unpaired) electrons. The fourth-order valence-corrected chi connectivity index (χ4v) is 1.87. The van der Waals surface area contributed by atoms with E-state index in [1.54, 1.807) is 25.3 Å². The van der Waals surface area contributed by atoms with Gasteiger partial charge in [-0.2, -0.15) is 0 Å². The second-order valence-electron chi connectivity index (χ2n) is 4.55. The maximum atomic E-state index is 12.5. The Labute approximate surface area is 109 Å². The van der Waals surface area contributed by atoms with Crippen molar-refractivity contribution in [3.63, 3.8) is 0 Å². The minimum atomic E-state index is -0.0105. The molecule has 18 heavy (non-hydrogen) atoms. The predicted molar refractivity (Wildman–Crippen MR) is 73.9 cm³/mol. The third-order valence-corrected chi connectivity index (χ3v) is 2.80. The zero-order valence-corrected chi connectivity index (χ0v) is 11.6. The van der Waals surface area contributed by atoms with Gasteiger partial charge in [0, 0.05) is 24.3 Å². The molecule has 100 valence electrons. The molecule has 0 aliphatic heterocycles. The zero-order valence-electron chi connectivity index (χ0n) is 11.6. The first-order valence-corrected chi connectivity index (χ1v) is 6.25. The molecule has 0 saturated heterocycles. The van der Waals surface area contributed by atoms with E-state index in [2.05, 4.69) is 6.92 Å². The number of rotatable bonds is 5. The molecule has 1 aromatic rings. The Kier molecular flexibility index (Phi) is 5.01. The van der Waals surface area contributed by atoms with E-state index in [-0.39, 0.29) is 11.9 Å². The number of hydrogen-bond donors (Lipinski definition) is 1. The molecular formula is C14H22N2O2. The van der Waals surface area contributed by atoms with E-state index in [9.17, 15) is 4.79 Å². The number of methoxy groups -OCH3 is 1. The number of amides is 1. The highest BCUT2D eigenvalue weighted by molar-refractivity contribution is 5.97. The largest absolute Gasteiger partial charge is 0.496 e. The summed E-state index contributed by atoms with van der Waals surface area (Å²) in [5, 5.41) is 0. The van der Waals surface area contributed by atoms with Crippen LogP contribution in [0.15, 0.2) is 18.2 Å². The van der Waals surface area contributed by atoms with Crippen LogP contribution in [0.5, 0.6) is 5.75 Å². The van der Waals surface area contributed by atoms with E-state index >= 15 is 0 Å². The summed E-state index contributed by atoms with van der Waals surface area (Å²) in [5.74, 6) is 0.519. The van der Waals surface area contributed by atoms with Gasteiger partial charge < -0.3 is 15.4 Å². The van der Waals surface area contributed by atoms with Crippen molar-refractivity contribution in [2.24, 2.45) is 0 Å². The quantitative estimate of drug-likeness (QED) is 0.817. The maximum Gasteiger partial charge on any atom is 0.257 e. The third kappa shape index (κ3) is 3.15. The highest BCUT2D eigenvalue weighted by Gasteiger charge is 2.21. The normalized spacial score (nSPS) is 10.5. The SMILES string of the molecule is CCCN(C(=O)c1ccc(N)cc1OC)C(C)C. The Balaban J connectivity index is 3.08. The molecule has 0 fully saturated rings. The van der Waals surface area contributed by atoms with Crippen molar-refractivity contribution in [2.45, 2.75) is 33.2 Å². The van der Waals surface area contributed by atoms with Crippen molar-refractivity contribution in [3.8, 4) is 5.75 Å². The van der Waals surface area contributed by atoms with E-state index in [4.69, 9.17) is 10.5 Å². The van der Waals surface area contributed by atoms with Gasteiger partial charge in [-0.25, -0.2) is 0 Å². The number of benzene rings is 1. The summed E-state index contributed by atoms with van der Waals surface area (Å²) in [6.45, 7) is 6.82. The van der Waals surface area contributed by atoms with Gasteiger partial charge in [0.15, 0.2) is 0 Å². The number of ether oxygens (including phenoxy) is 1. The summed E-state index contributed by atoms with van der Waals surface area (Å²) in [6.07, 6.45) is 0.932. The van der Waals surface area contributed by atoms with Crippen LogP contribution in [0.4, 0.5) is 5.69 Å². The van der Waals surface area contributed by atoms with Gasteiger partial charge >= 0.3 is 0 Å². The monoisotopic (exact) mass is 250 g/mol. The van der Waals surface area contributed by atoms with Gasteiger partial charge in [-0.05, 0) is 32.4 Å². The van der Waals surface area contributed by atoms with Crippen LogP contribution < -0.4 is 10.5 Å². The molecular weight excluding hydrogens is 228 g/mol. The lowest BCUT2D eigenvalue weighted by Gasteiger charge is -2.27. The average Bonchev–Trinajstić information content (AvgIpc) is 2.34. The lowest BCUT2D eigenvalue weighted by atomic mass is 10.1. The summed E-state index contributed by atoms with van der Waals surface area (Å²) in [6, 6.07) is 5.29. The number of nitrogens with two attached hydrogens (primary N) is 1. The molecule has 4 heteroatoms. The molecule has 0 heterocycles. The third-order valence-electron chi connectivity index (χ3n) is 2.80. The second kappa shape index (κ2) is 6.28.